The number of rotatable bonds is 2. The van der Waals surface area contributed by atoms with Crippen molar-refractivity contribution in [3.05, 3.63) is 32.6 Å². The number of carbonyl (C=O) groups excluding carboxylic acids is 1. The van der Waals surface area contributed by atoms with E-state index in [2.05, 4.69) is 10.1 Å². The molecule has 1 rings (SSSR count). The van der Waals surface area contributed by atoms with Crippen molar-refractivity contribution in [2.45, 2.75) is 0 Å². The van der Waals surface area contributed by atoms with Crippen molar-refractivity contribution in [1.29, 1.82) is 0 Å². The first-order valence-electron chi connectivity index (χ1n) is 3.50. The number of hydrogen-bond acceptors (Lipinski definition) is 4. The fraction of sp³-hybridized carbons (Fsp3) is 0. The highest BCUT2D eigenvalue weighted by atomic mass is 16.2. The lowest BCUT2D eigenvalue weighted by Crippen LogP contribution is -2.27. The molecule has 0 fully saturated rings. The Bertz CT molecular complexity index is 471. The summed E-state index contributed by atoms with van der Waals surface area (Å²) in [5.74, 6) is 0. The van der Waals surface area contributed by atoms with E-state index in [1.54, 1.807) is 0 Å². The van der Waals surface area contributed by atoms with Crippen molar-refractivity contribution in [2.24, 2.45) is 10.8 Å². The van der Waals surface area contributed by atoms with Gasteiger partial charge < -0.3 is 10.7 Å². The van der Waals surface area contributed by atoms with E-state index in [1.807, 2.05) is 10.4 Å². The van der Waals surface area contributed by atoms with Crippen molar-refractivity contribution in [2.75, 3.05) is 0 Å². The molecule has 0 aromatic carbocycles. The van der Waals surface area contributed by atoms with E-state index in [1.165, 1.54) is 0 Å². The number of hydrogen-bond donors (Lipinski definition) is 4. The third-order valence-corrected chi connectivity index (χ3v) is 1.23. The minimum Gasteiger partial charge on any atom is -0.350 e. The second-order valence-corrected chi connectivity index (χ2v) is 2.26. The zero-order chi connectivity index (χ0) is 10.6. The number of hydrazone groups is 1. The van der Waals surface area contributed by atoms with Crippen LogP contribution >= 0.6 is 0 Å². The number of primary amides is 1. The molecule has 0 unspecified atom stereocenters. The van der Waals surface area contributed by atoms with Crippen LogP contribution in [0, 0.1) is 0 Å². The van der Waals surface area contributed by atoms with Crippen LogP contribution in [0.25, 0.3) is 0 Å². The summed E-state index contributed by atoms with van der Waals surface area (Å²) in [6, 6.07) is -0.845. The van der Waals surface area contributed by atoms with Crippen molar-refractivity contribution >= 4 is 12.2 Å². The highest BCUT2D eigenvalue weighted by Gasteiger charge is 1.95. The molecule has 0 spiro atoms. The Labute approximate surface area is 76.8 Å². The largest absolute Gasteiger partial charge is 0.350 e. The van der Waals surface area contributed by atoms with Crippen molar-refractivity contribution in [3.8, 4) is 0 Å². The van der Waals surface area contributed by atoms with Crippen LogP contribution in [0.5, 0.6) is 0 Å². The third-order valence-electron chi connectivity index (χ3n) is 1.23. The summed E-state index contributed by atoms with van der Waals surface area (Å²) in [6.07, 6.45) is 2.22. The van der Waals surface area contributed by atoms with Crippen molar-refractivity contribution in [3.63, 3.8) is 0 Å². The number of H-pyrrole nitrogens is 2. The molecule has 0 bridgehead atoms. The quantitative estimate of drug-likeness (QED) is 0.324. The maximum Gasteiger partial charge on any atom is 0.332 e. The molecule has 8 heteroatoms. The lowest BCUT2D eigenvalue weighted by Gasteiger charge is -1.91. The smallest absolute Gasteiger partial charge is 0.332 e. The second-order valence-electron chi connectivity index (χ2n) is 2.26. The minimum absolute atomic E-state index is 0.0957. The molecule has 0 saturated carbocycles. The molecule has 5 N–H and O–H groups in total. The zero-order valence-corrected chi connectivity index (χ0v) is 6.90. The van der Waals surface area contributed by atoms with Gasteiger partial charge in [-0.25, -0.2) is 15.0 Å². The summed E-state index contributed by atoms with van der Waals surface area (Å²) in [4.78, 5) is 36.0. The molecular weight excluding hydrogens is 190 g/mol. The monoisotopic (exact) mass is 197 g/mol. The van der Waals surface area contributed by atoms with Crippen LogP contribution in [0.2, 0.25) is 0 Å². The minimum atomic E-state index is -0.845. The van der Waals surface area contributed by atoms with Gasteiger partial charge in [0.2, 0.25) is 0 Å². The van der Waals surface area contributed by atoms with Gasteiger partial charge in [-0.05, 0) is 0 Å². The number of aromatic amines is 2. The molecule has 1 aromatic rings. The maximum atomic E-state index is 11.0. The van der Waals surface area contributed by atoms with Gasteiger partial charge in [-0.15, -0.1) is 0 Å². The summed E-state index contributed by atoms with van der Waals surface area (Å²) >= 11 is 0. The maximum absolute atomic E-state index is 11.0. The van der Waals surface area contributed by atoms with E-state index in [0.717, 1.165) is 12.4 Å². The summed E-state index contributed by atoms with van der Waals surface area (Å²) in [5.41, 5.74) is 5.48. The van der Waals surface area contributed by atoms with Crippen LogP contribution in [0.1, 0.15) is 5.56 Å². The number of aromatic nitrogens is 2. The van der Waals surface area contributed by atoms with Crippen LogP contribution in [-0.2, 0) is 0 Å². The molecule has 0 aliphatic carbocycles. The van der Waals surface area contributed by atoms with E-state index in [-0.39, 0.29) is 5.56 Å². The predicted molar refractivity (Wildman–Crippen MR) is 48.0 cm³/mol. The average Bonchev–Trinajstić information content (AvgIpc) is 2.08. The Hall–Kier alpha value is -2.38. The molecule has 2 amide bonds. The first-order valence-corrected chi connectivity index (χ1v) is 3.50. The highest BCUT2D eigenvalue weighted by molar-refractivity contribution is 5.80. The fourth-order valence-electron chi connectivity index (χ4n) is 0.682. The summed E-state index contributed by atoms with van der Waals surface area (Å²) in [6.45, 7) is 0. The second kappa shape index (κ2) is 4.03. The number of nitrogens with one attached hydrogen (secondary N) is 3. The van der Waals surface area contributed by atoms with Gasteiger partial charge in [0.05, 0.1) is 11.8 Å². The van der Waals surface area contributed by atoms with Gasteiger partial charge in [0.1, 0.15) is 0 Å². The summed E-state index contributed by atoms with van der Waals surface area (Å²) < 4.78 is 0. The average molecular weight is 197 g/mol. The van der Waals surface area contributed by atoms with Crippen LogP contribution in [-0.4, -0.2) is 22.2 Å². The predicted octanol–water partition coefficient (Wildman–Crippen LogP) is -1.93. The molecule has 0 aliphatic rings. The lowest BCUT2D eigenvalue weighted by molar-refractivity contribution is 0.249. The van der Waals surface area contributed by atoms with E-state index in [9.17, 15) is 14.4 Å². The van der Waals surface area contributed by atoms with Gasteiger partial charge in [-0.2, -0.15) is 5.10 Å². The van der Waals surface area contributed by atoms with Crippen LogP contribution in [0.4, 0.5) is 4.79 Å². The van der Waals surface area contributed by atoms with Gasteiger partial charge in [0.15, 0.2) is 0 Å². The SMILES string of the molecule is NC(=O)N/N=C/c1c[nH]c(=O)[nH]c1=O. The van der Waals surface area contributed by atoms with E-state index in [0.29, 0.717) is 0 Å². The third kappa shape index (κ3) is 2.59. The van der Waals surface area contributed by atoms with Crippen LogP contribution in [0.15, 0.2) is 20.9 Å². The molecule has 74 valence electrons. The Morgan fingerprint density at radius 1 is 1.57 bits per heavy atom. The van der Waals surface area contributed by atoms with Gasteiger partial charge >= 0.3 is 11.7 Å². The molecular formula is C6H7N5O3. The van der Waals surface area contributed by atoms with E-state index in [4.69, 9.17) is 5.73 Å². The van der Waals surface area contributed by atoms with Crippen LogP contribution in [0.3, 0.4) is 0 Å². The molecule has 8 nitrogen and oxygen atoms in total. The van der Waals surface area contributed by atoms with Gasteiger partial charge in [-0.1, -0.05) is 0 Å². The number of amides is 2. The Morgan fingerprint density at radius 2 is 2.29 bits per heavy atom. The highest BCUT2D eigenvalue weighted by Crippen LogP contribution is 1.76. The van der Waals surface area contributed by atoms with Gasteiger partial charge in [0.25, 0.3) is 5.56 Å². The standard InChI is InChI=1S/C6H7N5O3/c7-5(13)11-9-2-3-1-8-6(14)10-4(3)12/h1-2H,(H3,7,11,13)(H2,8,10,12,14)/b9-2+. The molecule has 14 heavy (non-hydrogen) atoms. The Kier molecular flexibility index (Phi) is 2.79. The topological polar surface area (TPSA) is 133 Å². The number of nitrogens with zero attached hydrogens (tertiary/aromatic N) is 1. The summed E-state index contributed by atoms with van der Waals surface area (Å²) in [7, 11) is 0. The Morgan fingerprint density at radius 3 is 2.86 bits per heavy atom. The number of carbonyl (C=O) groups is 1. The van der Waals surface area contributed by atoms with Gasteiger partial charge in [-0.3, -0.25) is 9.78 Å². The molecule has 0 radical (unpaired) electrons. The Balaban J connectivity index is 2.88. The molecule has 0 atom stereocenters. The van der Waals surface area contributed by atoms with Crippen molar-refractivity contribution in [1.82, 2.24) is 15.4 Å². The number of urea groups is 1. The van der Waals surface area contributed by atoms with Crippen LogP contribution < -0.4 is 22.4 Å². The van der Waals surface area contributed by atoms with E-state index >= 15 is 0 Å². The van der Waals surface area contributed by atoms with Crippen molar-refractivity contribution < 1.29 is 4.79 Å². The summed E-state index contributed by atoms with van der Waals surface area (Å²) in [5, 5.41) is 3.34. The zero-order valence-electron chi connectivity index (χ0n) is 6.90. The first kappa shape index (κ1) is 9.71. The van der Waals surface area contributed by atoms with Gasteiger partial charge in [0, 0.05) is 6.20 Å². The number of nitrogens with two attached hydrogens (primary N) is 1. The normalized spacial score (nSPS) is 10.3. The first-order chi connectivity index (χ1) is 6.59. The molecule has 0 saturated heterocycles. The molecule has 1 aromatic heterocycles. The lowest BCUT2D eigenvalue weighted by atomic mass is 10.4. The molecule has 1 heterocycles. The molecule has 0 aliphatic heterocycles. The van der Waals surface area contributed by atoms with E-state index < -0.39 is 17.3 Å². The fourth-order valence-corrected chi connectivity index (χ4v) is 0.682.